The van der Waals surface area contributed by atoms with Crippen molar-refractivity contribution < 1.29 is 0 Å². The maximum atomic E-state index is 2.34. The Bertz CT molecular complexity index is 324. The summed E-state index contributed by atoms with van der Waals surface area (Å²) in [5, 5.41) is 0. The highest BCUT2D eigenvalue weighted by molar-refractivity contribution is 5.26. The lowest BCUT2D eigenvalue weighted by atomic mass is 9.76. The zero-order valence-electron chi connectivity index (χ0n) is 12.4. The van der Waals surface area contributed by atoms with Gasteiger partial charge in [-0.2, -0.15) is 0 Å². The standard InChI is InChI=1S/C17H28/c1-7-14-8-10-15(11-9-14)16(13(2)3)12-17(4,5)6/h8-11,13,16H,7,12H2,1-6H3. The molecule has 0 N–H and O–H groups in total. The smallest absolute Gasteiger partial charge is 0.0134 e. The average molecular weight is 232 g/mol. The Kier molecular flexibility index (Phi) is 4.80. The van der Waals surface area contributed by atoms with Gasteiger partial charge in [0.2, 0.25) is 0 Å². The lowest BCUT2D eigenvalue weighted by Gasteiger charge is -2.29. The summed E-state index contributed by atoms with van der Waals surface area (Å²) in [6, 6.07) is 9.23. The first-order valence-electron chi connectivity index (χ1n) is 6.92. The first-order valence-corrected chi connectivity index (χ1v) is 6.92. The molecule has 0 bridgehead atoms. The van der Waals surface area contributed by atoms with E-state index in [2.05, 4.69) is 65.8 Å². The molecule has 1 aromatic carbocycles. The molecule has 0 aromatic heterocycles. The molecule has 0 aliphatic carbocycles. The van der Waals surface area contributed by atoms with Gasteiger partial charge in [-0.1, -0.05) is 65.8 Å². The second-order valence-electron chi connectivity index (χ2n) is 6.71. The normalized spacial score (nSPS) is 14.1. The van der Waals surface area contributed by atoms with Crippen LogP contribution < -0.4 is 0 Å². The lowest BCUT2D eigenvalue weighted by Crippen LogP contribution is -2.16. The van der Waals surface area contributed by atoms with Gasteiger partial charge >= 0.3 is 0 Å². The second kappa shape index (κ2) is 5.71. The topological polar surface area (TPSA) is 0 Å². The largest absolute Gasteiger partial charge is 0.0622 e. The van der Waals surface area contributed by atoms with Crippen LogP contribution in [0.2, 0.25) is 0 Å². The van der Waals surface area contributed by atoms with Crippen molar-refractivity contribution in [1.29, 1.82) is 0 Å². The van der Waals surface area contributed by atoms with E-state index >= 15 is 0 Å². The van der Waals surface area contributed by atoms with E-state index in [1.807, 2.05) is 0 Å². The summed E-state index contributed by atoms with van der Waals surface area (Å²) >= 11 is 0. The Balaban J connectivity index is 2.89. The van der Waals surface area contributed by atoms with Crippen molar-refractivity contribution in [2.24, 2.45) is 11.3 Å². The molecular weight excluding hydrogens is 204 g/mol. The minimum Gasteiger partial charge on any atom is -0.0622 e. The van der Waals surface area contributed by atoms with Gasteiger partial charge in [0.15, 0.2) is 0 Å². The third kappa shape index (κ3) is 4.53. The maximum Gasteiger partial charge on any atom is -0.0134 e. The van der Waals surface area contributed by atoms with Crippen molar-refractivity contribution in [3.05, 3.63) is 35.4 Å². The van der Waals surface area contributed by atoms with Crippen LogP contribution in [0.5, 0.6) is 0 Å². The molecule has 0 saturated carbocycles. The molecular formula is C17H28. The van der Waals surface area contributed by atoms with Gasteiger partial charge < -0.3 is 0 Å². The third-order valence-electron chi connectivity index (χ3n) is 3.45. The Morgan fingerprint density at radius 1 is 1.00 bits per heavy atom. The van der Waals surface area contributed by atoms with Gasteiger partial charge in [0.25, 0.3) is 0 Å². The molecule has 0 amide bonds. The van der Waals surface area contributed by atoms with Gasteiger partial charge in [-0.3, -0.25) is 0 Å². The molecule has 0 heterocycles. The number of aryl methyl sites for hydroxylation is 1. The molecule has 0 radical (unpaired) electrons. The van der Waals surface area contributed by atoms with Gasteiger partial charge in [-0.05, 0) is 41.2 Å². The first-order chi connectivity index (χ1) is 7.83. The number of rotatable bonds is 4. The minimum absolute atomic E-state index is 0.401. The van der Waals surface area contributed by atoms with E-state index < -0.39 is 0 Å². The van der Waals surface area contributed by atoms with Crippen molar-refractivity contribution in [3.8, 4) is 0 Å². The summed E-state index contributed by atoms with van der Waals surface area (Å²) in [5.74, 6) is 1.39. The maximum absolute atomic E-state index is 2.34. The summed E-state index contributed by atoms with van der Waals surface area (Å²) in [5.41, 5.74) is 3.34. The fourth-order valence-electron chi connectivity index (χ4n) is 2.40. The van der Waals surface area contributed by atoms with Crippen LogP contribution in [0, 0.1) is 11.3 Å². The molecule has 1 rings (SSSR count). The van der Waals surface area contributed by atoms with Crippen LogP contribution in [-0.4, -0.2) is 0 Å². The molecule has 1 atom stereocenters. The molecule has 0 heteroatoms. The van der Waals surface area contributed by atoms with Crippen molar-refractivity contribution in [1.82, 2.24) is 0 Å². The molecule has 1 unspecified atom stereocenters. The molecule has 0 aliphatic rings. The lowest BCUT2D eigenvalue weighted by molar-refractivity contribution is 0.301. The van der Waals surface area contributed by atoms with Crippen molar-refractivity contribution >= 4 is 0 Å². The summed E-state index contributed by atoms with van der Waals surface area (Å²) < 4.78 is 0. The van der Waals surface area contributed by atoms with Crippen molar-refractivity contribution in [2.75, 3.05) is 0 Å². The van der Waals surface area contributed by atoms with E-state index in [1.165, 1.54) is 17.5 Å². The predicted octanol–water partition coefficient (Wildman–Crippen LogP) is 5.42. The zero-order valence-corrected chi connectivity index (χ0v) is 12.4. The monoisotopic (exact) mass is 232 g/mol. The summed E-state index contributed by atoms with van der Waals surface area (Å²) in [7, 11) is 0. The van der Waals surface area contributed by atoms with E-state index in [1.54, 1.807) is 0 Å². The summed E-state index contributed by atoms with van der Waals surface area (Å²) in [6.45, 7) is 13.9. The zero-order chi connectivity index (χ0) is 13.1. The molecule has 0 saturated heterocycles. The molecule has 0 fully saturated rings. The fraction of sp³-hybridized carbons (Fsp3) is 0.647. The van der Waals surface area contributed by atoms with Gasteiger partial charge in [0, 0.05) is 0 Å². The predicted molar refractivity (Wildman–Crippen MR) is 77.5 cm³/mol. The SMILES string of the molecule is CCc1ccc(C(CC(C)(C)C)C(C)C)cc1. The van der Waals surface area contributed by atoms with E-state index in [9.17, 15) is 0 Å². The van der Waals surface area contributed by atoms with Gasteiger partial charge in [-0.15, -0.1) is 0 Å². The molecule has 0 spiro atoms. The Labute approximate surface area is 107 Å². The number of hydrogen-bond donors (Lipinski definition) is 0. The van der Waals surface area contributed by atoms with Crippen LogP contribution in [0.4, 0.5) is 0 Å². The highest BCUT2D eigenvalue weighted by Crippen LogP contribution is 2.36. The molecule has 96 valence electrons. The van der Waals surface area contributed by atoms with Crippen molar-refractivity contribution in [2.45, 2.75) is 60.3 Å². The highest BCUT2D eigenvalue weighted by atomic mass is 14.3. The fourth-order valence-corrected chi connectivity index (χ4v) is 2.40. The van der Waals surface area contributed by atoms with Crippen molar-refractivity contribution in [3.63, 3.8) is 0 Å². The van der Waals surface area contributed by atoms with E-state index in [0.29, 0.717) is 17.3 Å². The van der Waals surface area contributed by atoms with Crippen LogP contribution in [-0.2, 0) is 6.42 Å². The van der Waals surface area contributed by atoms with E-state index in [4.69, 9.17) is 0 Å². The van der Waals surface area contributed by atoms with Crippen LogP contribution in [0.3, 0.4) is 0 Å². The highest BCUT2D eigenvalue weighted by Gasteiger charge is 2.22. The summed E-state index contributed by atoms with van der Waals surface area (Å²) in [6.07, 6.45) is 2.39. The minimum atomic E-state index is 0.401. The molecule has 17 heavy (non-hydrogen) atoms. The number of hydrogen-bond acceptors (Lipinski definition) is 0. The molecule has 0 nitrogen and oxygen atoms in total. The van der Waals surface area contributed by atoms with Gasteiger partial charge in [-0.25, -0.2) is 0 Å². The van der Waals surface area contributed by atoms with Gasteiger partial charge in [0.05, 0.1) is 0 Å². The third-order valence-corrected chi connectivity index (χ3v) is 3.45. The average Bonchev–Trinajstić information content (AvgIpc) is 2.25. The second-order valence-corrected chi connectivity index (χ2v) is 6.71. The van der Waals surface area contributed by atoms with Crippen LogP contribution >= 0.6 is 0 Å². The Hall–Kier alpha value is -0.780. The summed E-state index contributed by atoms with van der Waals surface area (Å²) in [4.78, 5) is 0. The first kappa shape index (κ1) is 14.3. The molecule has 1 aromatic rings. The Morgan fingerprint density at radius 3 is 1.88 bits per heavy atom. The van der Waals surface area contributed by atoms with Crippen LogP contribution in [0.25, 0.3) is 0 Å². The van der Waals surface area contributed by atoms with E-state index in [-0.39, 0.29) is 0 Å². The Morgan fingerprint density at radius 2 is 1.53 bits per heavy atom. The number of benzene rings is 1. The van der Waals surface area contributed by atoms with Gasteiger partial charge in [0.1, 0.15) is 0 Å². The van der Waals surface area contributed by atoms with E-state index in [0.717, 1.165) is 6.42 Å². The van der Waals surface area contributed by atoms with Crippen LogP contribution in [0.15, 0.2) is 24.3 Å². The van der Waals surface area contributed by atoms with Crippen LogP contribution in [0.1, 0.15) is 65.0 Å². The quantitative estimate of drug-likeness (QED) is 0.650. The molecule has 0 aliphatic heterocycles.